The predicted octanol–water partition coefficient (Wildman–Crippen LogP) is 4.91. The Morgan fingerprint density at radius 1 is 0.906 bits per heavy atom. The summed E-state index contributed by atoms with van der Waals surface area (Å²) >= 11 is 0. The zero-order valence-electron chi connectivity index (χ0n) is 17.9. The number of nitrogens with one attached hydrogen (secondary N) is 1. The lowest BCUT2D eigenvalue weighted by atomic mass is 10.1. The van der Waals surface area contributed by atoms with Gasteiger partial charge in [-0.1, -0.05) is 48.5 Å². The van der Waals surface area contributed by atoms with Crippen molar-refractivity contribution in [3.63, 3.8) is 0 Å². The van der Waals surface area contributed by atoms with Crippen LogP contribution in [0.4, 0.5) is 0 Å². The highest BCUT2D eigenvalue weighted by Gasteiger charge is 2.19. The van der Waals surface area contributed by atoms with E-state index in [4.69, 9.17) is 4.74 Å². The SMILES string of the molecule is O=C(NCc1ccccc1OC1CCCC1)c1cccc(CS(=O)(=O)c2ccccc2)c1. The fourth-order valence-corrected chi connectivity index (χ4v) is 5.32. The van der Waals surface area contributed by atoms with Crippen molar-refractivity contribution in [3.8, 4) is 5.75 Å². The number of ether oxygens (including phenoxy) is 1. The minimum absolute atomic E-state index is 0.157. The monoisotopic (exact) mass is 449 g/mol. The predicted molar refractivity (Wildman–Crippen MR) is 124 cm³/mol. The zero-order chi connectivity index (χ0) is 22.4. The molecule has 0 heterocycles. The topological polar surface area (TPSA) is 72.5 Å². The second kappa shape index (κ2) is 10.0. The van der Waals surface area contributed by atoms with E-state index in [9.17, 15) is 13.2 Å². The smallest absolute Gasteiger partial charge is 0.251 e. The van der Waals surface area contributed by atoms with Gasteiger partial charge in [-0.25, -0.2) is 8.42 Å². The first-order valence-electron chi connectivity index (χ1n) is 10.9. The third-order valence-electron chi connectivity index (χ3n) is 5.66. The molecular weight excluding hydrogens is 422 g/mol. The quantitative estimate of drug-likeness (QED) is 0.530. The Kier molecular flexibility index (Phi) is 6.90. The Bertz CT molecular complexity index is 1170. The molecule has 4 rings (SSSR count). The lowest BCUT2D eigenvalue weighted by Gasteiger charge is -2.17. The van der Waals surface area contributed by atoms with Gasteiger partial charge in [0.25, 0.3) is 5.91 Å². The van der Waals surface area contributed by atoms with Crippen LogP contribution >= 0.6 is 0 Å². The van der Waals surface area contributed by atoms with Crippen molar-refractivity contribution in [1.29, 1.82) is 0 Å². The second-order valence-corrected chi connectivity index (χ2v) is 10.1. The summed E-state index contributed by atoms with van der Waals surface area (Å²) in [6, 6.07) is 22.9. The molecule has 0 atom stereocenters. The van der Waals surface area contributed by atoms with Crippen LogP contribution in [0.3, 0.4) is 0 Å². The van der Waals surface area contributed by atoms with Gasteiger partial charge < -0.3 is 10.1 Å². The maximum absolute atomic E-state index is 12.8. The standard InChI is InChI=1S/C26H27NO4S/c28-26(27-18-22-10-4-7-16-25(22)31-23-12-5-6-13-23)21-11-8-9-20(17-21)19-32(29,30)24-14-2-1-3-15-24/h1-4,7-11,14-17,23H,5-6,12-13,18-19H2,(H,27,28). The summed E-state index contributed by atoms with van der Waals surface area (Å²) in [5.74, 6) is 0.401. The van der Waals surface area contributed by atoms with Crippen LogP contribution < -0.4 is 10.1 Å². The van der Waals surface area contributed by atoms with Crippen LogP contribution in [0.2, 0.25) is 0 Å². The molecule has 0 aliphatic heterocycles. The van der Waals surface area contributed by atoms with Crippen LogP contribution in [0.25, 0.3) is 0 Å². The van der Waals surface area contributed by atoms with Crippen LogP contribution in [-0.4, -0.2) is 20.4 Å². The molecule has 1 amide bonds. The van der Waals surface area contributed by atoms with Crippen LogP contribution in [0.1, 0.15) is 47.2 Å². The third kappa shape index (κ3) is 5.56. The van der Waals surface area contributed by atoms with E-state index in [1.54, 1.807) is 54.6 Å². The van der Waals surface area contributed by atoms with E-state index in [0.717, 1.165) is 24.2 Å². The van der Waals surface area contributed by atoms with E-state index in [-0.39, 0.29) is 22.7 Å². The highest BCUT2D eigenvalue weighted by Crippen LogP contribution is 2.26. The molecule has 1 aliphatic carbocycles. The molecule has 1 aliphatic rings. The fraction of sp³-hybridized carbons (Fsp3) is 0.269. The number of rotatable bonds is 8. The molecule has 0 saturated heterocycles. The molecule has 0 aromatic heterocycles. The van der Waals surface area contributed by atoms with E-state index < -0.39 is 9.84 Å². The van der Waals surface area contributed by atoms with Crippen molar-refractivity contribution in [2.45, 2.75) is 49.0 Å². The fourth-order valence-electron chi connectivity index (χ4n) is 3.96. The van der Waals surface area contributed by atoms with Crippen LogP contribution in [0.15, 0.2) is 83.8 Å². The van der Waals surface area contributed by atoms with Gasteiger partial charge in [-0.3, -0.25) is 4.79 Å². The number of carbonyl (C=O) groups excluding carboxylic acids is 1. The molecule has 0 bridgehead atoms. The first-order valence-corrected chi connectivity index (χ1v) is 12.6. The Labute approximate surface area is 189 Å². The summed E-state index contributed by atoms with van der Waals surface area (Å²) in [4.78, 5) is 13.0. The number of carbonyl (C=O) groups is 1. The van der Waals surface area contributed by atoms with Crippen molar-refractivity contribution >= 4 is 15.7 Å². The molecule has 5 nitrogen and oxygen atoms in total. The number of benzene rings is 3. The highest BCUT2D eigenvalue weighted by atomic mass is 32.2. The number of sulfone groups is 1. The van der Waals surface area contributed by atoms with Gasteiger partial charge in [-0.05, 0) is 61.6 Å². The van der Waals surface area contributed by atoms with E-state index in [1.165, 1.54) is 12.8 Å². The van der Waals surface area contributed by atoms with E-state index in [1.807, 2.05) is 24.3 Å². The van der Waals surface area contributed by atoms with Crippen LogP contribution in [0.5, 0.6) is 5.75 Å². The van der Waals surface area contributed by atoms with Gasteiger partial charge in [-0.15, -0.1) is 0 Å². The number of amides is 1. The number of hydrogen-bond acceptors (Lipinski definition) is 4. The summed E-state index contributed by atoms with van der Waals surface area (Å²) in [7, 11) is -3.48. The summed E-state index contributed by atoms with van der Waals surface area (Å²) in [6.45, 7) is 0.342. The average molecular weight is 450 g/mol. The number of para-hydroxylation sites is 1. The molecule has 0 unspecified atom stereocenters. The van der Waals surface area contributed by atoms with E-state index in [0.29, 0.717) is 17.7 Å². The van der Waals surface area contributed by atoms with E-state index in [2.05, 4.69) is 5.32 Å². The van der Waals surface area contributed by atoms with Gasteiger partial charge in [0.1, 0.15) is 5.75 Å². The van der Waals surface area contributed by atoms with Crippen molar-refractivity contribution in [2.24, 2.45) is 0 Å². The first-order chi connectivity index (χ1) is 15.5. The maximum Gasteiger partial charge on any atom is 0.251 e. The van der Waals surface area contributed by atoms with Crippen LogP contribution in [-0.2, 0) is 22.1 Å². The minimum atomic E-state index is -3.48. The second-order valence-electron chi connectivity index (χ2n) is 8.09. The molecule has 1 fully saturated rings. The van der Waals surface area contributed by atoms with Crippen molar-refractivity contribution in [3.05, 3.63) is 95.6 Å². The molecule has 0 spiro atoms. The maximum atomic E-state index is 12.8. The van der Waals surface area contributed by atoms with E-state index >= 15 is 0 Å². The van der Waals surface area contributed by atoms with Gasteiger partial charge in [0.2, 0.25) is 0 Å². The zero-order valence-corrected chi connectivity index (χ0v) is 18.7. The molecule has 166 valence electrons. The third-order valence-corrected chi connectivity index (χ3v) is 7.36. The lowest BCUT2D eigenvalue weighted by molar-refractivity contribution is 0.0950. The summed E-state index contributed by atoms with van der Waals surface area (Å²) in [5.41, 5.74) is 1.93. The molecule has 1 N–H and O–H groups in total. The average Bonchev–Trinajstić information content (AvgIpc) is 3.32. The Morgan fingerprint density at radius 3 is 2.41 bits per heavy atom. The summed E-state index contributed by atoms with van der Waals surface area (Å²) < 4.78 is 31.5. The molecule has 32 heavy (non-hydrogen) atoms. The summed E-state index contributed by atoms with van der Waals surface area (Å²) in [6.07, 6.45) is 4.77. The normalized spacial score (nSPS) is 14.2. The first kappa shape index (κ1) is 22.1. The van der Waals surface area contributed by atoms with Crippen molar-refractivity contribution in [2.75, 3.05) is 0 Å². The number of hydrogen-bond donors (Lipinski definition) is 1. The molecule has 6 heteroatoms. The Morgan fingerprint density at radius 2 is 1.62 bits per heavy atom. The Balaban J connectivity index is 1.42. The van der Waals surface area contributed by atoms with Gasteiger partial charge in [0, 0.05) is 17.7 Å². The van der Waals surface area contributed by atoms with Gasteiger partial charge in [0.15, 0.2) is 9.84 Å². The largest absolute Gasteiger partial charge is 0.490 e. The lowest BCUT2D eigenvalue weighted by Crippen LogP contribution is -2.23. The Hall–Kier alpha value is -3.12. The summed E-state index contributed by atoms with van der Waals surface area (Å²) in [5, 5.41) is 2.93. The molecular formula is C26H27NO4S. The van der Waals surface area contributed by atoms with Crippen molar-refractivity contribution in [1.82, 2.24) is 5.32 Å². The molecule has 1 saturated carbocycles. The van der Waals surface area contributed by atoms with Gasteiger partial charge in [0.05, 0.1) is 16.8 Å². The molecule has 3 aromatic rings. The highest BCUT2D eigenvalue weighted by molar-refractivity contribution is 7.90. The van der Waals surface area contributed by atoms with Crippen molar-refractivity contribution < 1.29 is 17.9 Å². The molecule has 3 aromatic carbocycles. The molecule has 0 radical (unpaired) electrons. The minimum Gasteiger partial charge on any atom is -0.490 e. The van der Waals surface area contributed by atoms with Crippen LogP contribution in [0, 0.1) is 0 Å². The van der Waals surface area contributed by atoms with Gasteiger partial charge >= 0.3 is 0 Å². The van der Waals surface area contributed by atoms with Gasteiger partial charge in [-0.2, -0.15) is 0 Å².